The minimum absolute atomic E-state index is 0.0447. The molecule has 2 heteroatoms. The first-order valence-corrected chi connectivity index (χ1v) is 7.16. The molecule has 1 atom stereocenters. The van der Waals surface area contributed by atoms with Crippen molar-refractivity contribution < 1.29 is 0 Å². The van der Waals surface area contributed by atoms with Crippen LogP contribution in [0.1, 0.15) is 33.9 Å². The minimum Gasteiger partial charge on any atom is -0.320 e. The number of halogens is 1. The fourth-order valence-electron chi connectivity index (χ4n) is 2.17. The Balaban J connectivity index is 2.51. The predicted molar refractivity (Wildman–Crippen MR) is 85.8 cm³/mol. The molecule has 18 heavy (non-hydrogen) atoms. The van der Waals surface area contributed by atoms with Crippen molar-refractivity contribution in [2.24, 2.45) is 5.73 Å². The van der Waals surface area contributed by atoms with E-state index in [4.69, 9.17) is 5.73 Å². The Kier molecular flexibility index (Phi) is 4.07. The summed E-state index contributed by atoms with van der Waals surface area (Å²) >= 11 is 2.39. The van der Waals surface area contributed by atoms with Gasteiger partial charge in [0, 0.05) is 3.57 Å². The second-order valence-electron chi connectivity index (χ2n) is 4.82. The van der Waals surface area contributed by atoms with Gasteiger partial charge in [-0.3, -0.25) is 0 Å². The van der Waals surface area contributed by atoms with Crippen molar-refractivity contribution in [1.82, 2.24) is 0 Å². The van der Waals surface area contributed by atoms with Crippen molar-refractivity contribution in [3.8, 4) is 0 Å². The zero-order chi connectivity index (χ0) is 13.3. The molecular weight excluding hydrogens is 333 g/mol. The molecule has 0 amide bonds. The van der Waals surface area contributed by atoms with Crippen molar-refractivity contribution in [3.63, 3.8) is 0 Å². The minimum atomic E-state index is -0.0447. The van der Waals surface area contributed by atoms with Gasteiger partial charge >= 0.3 is 0 Å². The highest BCUT2D eigenvalue weighted by Gasteiger charge is 2.15. The lowest BCUT2D eigenvalue weighted by Crippen LogP contribution is -2.15. The van der Waals surface area contributed by atoms with Crippen molar-refractivity contribution in [2.45, 2.75) is 26.8 Å². The molecule has 1 unspecified atom stereocenters. The maximum Gasteiger partial charge on any atom is 0.0564 e. The van der Waals surface area contributed by atoms with Crippen LogP contribution in [-0.2, 0) is 0 Å². The molecule has 0 saturated heterocycles. The smallest absolute Gasteiger partial charge is 0.0564 e. The first kappa shape index (κ1) is 13.6. The van der Waals surface area contributed by atoms with Crippen molar-refractivity contribution in [1.29, 1.82) is 0 Å². The second kappa shape index (κ2) is 5.41. The lowest BCUT2D eigenvalue weighted by atomic mass is 9.93. The number of hydrogen-bond acceptors (Lipinski definition) is 1. The third kappa shape index (κ3) is 2.59. The highest BCUT2D eigenvalue weighted by Crippen LogP contribution is 2.28. The van der Waals surface area contributed by atoms with Crippen LogP contribution in [0.25, 0.3) is 0 Å². The van der Waals surface area contributed by atoms with E-state index in [-0.39, 0.29) is 6.04 Å². The molecule has 1 nitrogen and oxygen atoms in total. The monoisotopic (exact) mass is 351 g/mol. The van der Waals surface area contributed by atoms with Crippen LogP contribution >= 0.6 is 22.6 Å². The quantitative estimate of drug-likeness (QED) is 0.804. The van der Waals surface area contributed by atoms with Gasteiger partial charge < -0.3 is 5.73 Å². The van der Waals surface area contributed by atoms with Crippen LogP contribution in [0, 0.1) is 24.3 Å². The summed E-state index contributed by atoms with van der Waals surface area (Å²) in [6.45, 7) is 6.36. The second-order valence-corrected chi connectivity index (χ2v) is 5.89. The highest BCUT2D eigenvalue weighted by molar-refractivity contribution is 14.1. The first-order valence-electron chi connectivity index (χ1n) is 6.08. The van der Waals surface area contributed by atoms with Gasteiger partial charge in [-0.15, -0.1) is 0 Å². The molecule has 0 fully saturated rings. The average molecular weight is 351 g/mol. The van der Waals surface area contributed by atoms with E-state index in [9.17, 15) is 0 Å². The number of benzene rings is 2. The van der Waals surface area contributed by atoms with E-state index in [1.54, 1.807) is 0 Å². The summed E-state index contributed by atoms with van der Waals surface area (Å²) in [7, 11) is 0. The van der Waals surface area contributed by atoms with Gasteiger partial charge in [0.15, 0.2) is 0 Å². The Labute approximate surface area is 123 Å². The van der Waals surface area contributed by atoms with E-state index < -0.39 is 0 Å². The van der Waals surface area contributed by atoms with Crippen LogP contribution in [0.2, 0.25) is 0 Å². The molecule has 0 aliphatic carbocycles. The Bertz CT molecular complexity index is 573. The number of aryl methyl sites for hydroxylation is 3. The van der Waals surface area contributed by atoms with E-state index >= 15 is 0 Å². The molecule has 0 aliphatic rings. The van der Waals surface area contributed by atoms with Crippen LogP contribution in [0.15, 0.2) is 36.4 Å². The van der Waals surface area contributed by atoms with Gasteiger partial charge in [0.05, 0.1) is 6.04 Å². The van der Waals surface area contributed by atoms with Gasteiger partial charge in [-0.05, 0) is 65.6 Å². The van der Waals surface area contributed by atoms with E-state index in [2.05, 4.69) is 79.8 Å². The van der Waals surface area contributed by atoms with Gasteiger partial charge in [-0.1, -0.05) is 42.0 Å². The molecule has 94 valence electrons. The van der Waals surface area contributed by atoms with Crippen LogP contribution in [0.4, 0.5) is 0 Å². The third-order valence-corrected chi connectivity index (χ3v) is 4.80. The Morgan fingerprint density at radius 1 is 0.944 bits per heavy atom. The highest BCUT2D eigenvalue weighted by atomic mass is 127. The largest absolute Gasteiger partial charge is 0.320 e. The van der Waals surface area contributed by atoms with E-state index in [1.807, 2.05) is 0 Å². The molecule has 0 aliphatic heterocycles. The number of hydrogen-bond donors (Lipinski definition) is 1. The maximum atomic E-state index is 6.45. The molecule has 2 aromatic rings. The molecule has 0 heterocycles. The summed E-state index contributed by atoms with van der Waals surface area (Å²) in [6.07, 6.45) is 0. The molecule has 0 saturated carbocycles. The summed E-state index contributed by atoms with van der Waals surface area (Å²) in [4.78, 5) is 0. The van der Waals surface area contributed by atoms with Gasteiger partial charge in [0.1, 0.15) is 0 Å². The number of rotatable bonds is 2. The van der Waals surface area contributed by atoms with Gasteiger partial charge in [0.2, 0.25) is 0 Å². The fourth-order valence-corrected chi connectivity index (χ4v) is 2.87. The maximum absolute atomic E-state index is 6.45. The molecule has 2 rings (SSSR count). The normalized spacial score (nSPS) is 12.5. The lowest BCUT2D eigenvalue weighted by molar-refractivity contribution is 0.852. The summed E-state index contributed by atoms with van der Waals surface area (Å²) in [6, 6.07) is 12.8. The Morgan fingerprint density at radius 3 is 2.39 bits per heavy atom. The van der Waals surface area contributed by atoms with Crippen LogP contribution in [0.3, 0.4) is 0 Å². The molecule has 0 bridgehead atoms. The zero-order valence-corrected chi connectivity index (χ0v) is 13.2. The third-order valence-electron chi connectivity index (χ3n) is 3.33. The van der Waals surface area contributed by atoms with Gasteiger partial charge in [-0.2, -0.15) is 0 Å². The van der Waals surface area contributed by atoms with Gasteiger partial charge in [-0.25, -0.2) is 0 Å². The van der Waals surface area contributed by atoms with E-state index in [1.165, 1.54) is 31.4 Å². The summed E-state index contributed by atoms with van der Waals surface area (Å²) < 4.78 is 1.27. The Hall–Kier alpha value is -0.870. The van der Waals surface area contributed by atoms with Crippen molar-refractivity contribution in [2.75, 3.05) is 0 Å². The van der Waals surface area contributed by atoms with E-state index in [0.29, 0.717) is 0 Å². The molecule has 2 aromatic carbocycles. The molecule has 0 aromatic heterocycles. The molecule has 0 spiro atoms. The molecular formula is C16H18IN. The molecule has 0 radical (unpaired) electrons. The zero-order valence-electron chi connectivity index (χ0n) is 11.0. The van der Waals surface area contributed by atoms with Crippen LogP contribution in [-0.4, -0.2) is 0 Å². The summed E-state index contributed by atoms with van der Waals surface area (Å²) in [5.41, 5.74) is 12.7. The fraction of sp³-hybridized carbons (Fsp3) is 0.250. The standard InChI is InChI=1S/C16H18IN/c1-10-7-8-11(2)14(9-10)16(18)13-6-4-5-12(3)15(13)17/h4-9,16H,18H2,1-3H3. The first-order chi connectivity index (χ1) is 8.50. The lowest BCUT2D eigenvalue weighted by Gasteiger charge is -2.18. The summed E-state index contributed by atoms with van der Waals surface area (Å²) in [5, 5.41) is 0. The summed E-state index contributed by atoms with van der Waals surface area (Å²) in [5.74, 6) is 0. The van der Waals surface area contributed by atoms with Gasteiger partial charge in [0.25, 0.3) is 0 Å². The molecule has 2 N–H and O–H groups in total. The average Bonchev–Trinajstić information content (AvgIpc) is 2.35. The van der Waals surface area contributed by atoms with E-state index in [0.717, 1.165) is 0 Å². The van der Waals surface area contributed by atoms with Crippen LogP contribution in [0.5, 0.6) is 0 Å². The van der Waals surface area contributed by atoms with Crippen molar-refractivity contribution >= 4 is 22.6 Å². The SMILES string of the molecule is Cc1ccc(C)c(C(N)c2cccc(C)c2I)c1. The van der Waals surface area contributed by atoms with Crippen LogP contribution < -0.4 is 5.73 Å². The predicted octanol–water partition coefficient (Wildman–Crippen LogP) is 4.26. The topological polar surface area (TPSA) is 26.0 Å². The van der Waals surface area contributed by atoms with Crippen molar-refractivity contribution in [3.05, 3.63) is 67.8 Å². The number of nitrogens with two attached hydrogens (primary N) is 1. The Morgan fingerprint density at radius 2 is 1.67 bits per heavy atom.